The average Bonchev–Trinajstić information content (AvgIpc) is 2.66. The fourth-order valence-electron chi connectivity index (χ4n) is 2.62. The SMILES string of the molecule is Cc1ccccc1CS(=O)(=O)Nc1ccc2c(c1)OCC(C)(C)C(=O)N2. The molecule has 2 aromatic carbocycles. The number of carbonyl (C=O) groups is 1. The van der Waals surface area contributed by atoms with E-state index >= 15 is 0 Å². The molecule has 0 atom stereocenters. The lowest BCUT2D eigenvalue weighted by atomic mass is 9.94. The Morgan fingerprint density at radius 1 is 1.19 bits per heavy atom. The molecule has 1 amide bonds. The van der Waals surface area contributed by atoms with Crippen molar-refractivity contribution in [1.29, 1.82) is 0 Å². The second kappa shape index (κ2) is 6.64. The van der Waals surface area contributed by atoms with Crippen LogP contribution in [0.25, 0.3) is 0 Å². The van der Waals surface area contributed by atoms with Crippen molar-refractivity contribution in [3.63, 3.8) is 0 Å². The minimum Gasteiger partial charge on any atom is -0.490 e. The van der Waals surface area contributed by atoms with E-state index in [-0.39, 0.29) is 18.3 Å². The Morgan fingerprint density at radius 2 is 1.92 bits per heavy atom. The number of benzene rings is 2. The van der Waals surface area contributed by atoms with Gasteiger partial charge >= 0.3 is 0 Å². The lowest BCUT2D eigenvalue weighted by Gasteiger charge is -2.18. The van der Waals surface area contributed by atoms with E-state index in [4.69, 9.17) is 4.74 Å². The number of nitrogens with one attached hydrogen (secondary N) is 2. The summed E-state index contributed by atoms with van der Waals surface area (Å²) in [4.78, 5) is 12.1. The van der Waals surface area contributed by atoms with Crippen LogP contribution in [0.2, 0.25) is 0 Å². The van der Waals surface area contributed by atoms with Gasteiger partial charge in [-0.25, -0.2) is 8.42 Å². The normalized spacial score (nSPS) is 16.0. The largest absolute Gasteiger partial charge is 0.490 e. The van der Waals surface area contributed by atoms with Crippen molar-refractivity contribution in [3.05, 3.63) is 53.6 Å². The quantitative estimate of drug-likeness (QED) is 0.860. The van der Waals surface area contributed by atoms with Gasteiger partial charge in [0.1, 0.15) is 12.4 Å². The van der Waals surface area contributed by atoms with Crippen LogP contribution in [0.3, 0.4) is 0 Å². The zero-order chi connectivity index (χ0) is 18.9. The summed E-state index contributed by atoms with van der Waals surface area (Å²) >= 11 is 0. The number of fused-ring (bicyclic) bond motifs is 1. The van der Waals surface area contributed by atoms with Crippen LogP contribution >= 0.6 is 0 Å². The molecule has 0 bridgehead atoms. The molecular weight excluding hydrogens is 352 g/mol. The predicted molar refractivity (Wildman–Crippen MR) is 102 cm³/mol. The lowest BCUT2D eigenvalue weighted by Crippen LogP contribution is -2.33. The minimum absolute atomic E-state index is 0.110. The Labute approximate surface area is 153 Å². The summed E-state index contributed by atoms with van der Waals surface area (Å²) in [5.41, 5.74) is 1.94. The van der Waals surface area contributed by atoms with Crippen LogP contribution in [-0.4, -0.2) is 20.9 Å². The molecule has 1 aliphatic heterocycles. The third kappa shape index (κ3) is 3.99. The molecule has 1 aliphatic rings. The van der Waals surface area contributed by atoms with Crippen LogP contribution in [0.5, 0.6) is 5.75 Å². The van der Waals surface area contributed by atoms with Crippen LogP contribution in [0.1, 0.15) is 25.0 Å². The Bertz CT molecular complexity index is 952. The van der Waals surface area contributed by atoms with Crippen molar-refractivity contribution in [3.8, 4) is 5.75 Å². The highest BCUT2D eigenvalue weighted by Crippen LogP contribution is 2.34. The maximum atomic E-state index is 12.5. The zero-order valence-electron chi connectivity index (χ0n) is 15.0. The standard InChI is InChI=1S/C19H22N2O4S/c1-13-6-4-5-7-14(13)11-26(23,24)21-15-8-9-16-17(10-15)25-12-19(2,3)18(22)20-16/h4-10,21H,11-12H2,1-3H3,(H,20,22). The number of ether oxygens (including phenoxy) is 1. The Hall–Kier alpha value is -2.54. The number of carbonyl (C=O) groups excluding carboxylic acids is 1. The molecule has 2 N–H and O–H groups in total. The fraction of sp³-hybridized carbons (Fsp3) is 0.316. The Balaban J connectivity index is 1.80. The first-order chi connectivity index (χ1) is 12.2. The molecule has 3 rings (SSSR count). The summed E-state index contributed by atoms with van der Waals surface area (Å²) in [6, 6.07) is 12.2. The Morgan fingerprint density at radius 3 is 2.65 bits per heavy atom. The van der Waals surface area contributed by atoms with Gasteiger partial charge in [0.2, 0.25) is 15.9 Å². The summed E-state index contributed by atoms with van der Waals surface area (Å²) < 4.78 is 33.3. The van der Waals surface area contributed by atoms with E-state index in [1.165, 1.54) is 0 Å². The molecule has 0 saturated heterocycles. The molecule has 0 radical (unpaired) electrons. The number of anilines is 2. The summed E-state index contributed by atoms with van der Waals surface area (Å²) in [5, 5.41) is 2.81. The number of hydrogen-bond donors (Lipinski definition) is 2. The van der Waals surface area contributed by atoms with Crippen LogP contribution in [-0.2, 0) is 20.6 Å². The van der Waals surface area contributed by atoms with Gasteiger partial charge in [-0.05, 0) is 44.0 Å². The molecule has 0 spiro atoms. The van der Waals surface area contributed by atoms with Gasteiger partial charge in [0, 0.05) is 6.07 Å². The predicted octanol–water partition coefficient (Wildman–Crippen LogP) is 3.29. The molecule has 0 aliphatic carbocycles. The highest BCUT2D eigenvalue weighted by molar-refractivity contribution is 7.91. The maximum absolute atomic E-state index is 12.5. The van der Waals surface area contributed by atoms with Gasteiger partial charge in [0.15, 0.2) is 0 Å². The van der Waals surface area contributed by atoms with Crippen LogP contribution in [0, 0.1) is 12.3 Å². The van der Waals surface area contributed by atoms with Crippen molar-refractivity contribution in [2.45, 2.75) is 26.5 Å². The first-order valence-electron chi connectivity index (χ1n) is 8.30. The van der Waals surface area contributed by atoms with Gasteiger partial charge in [0.25, 0.3) is 0 Å². The van der Waals surface area contributed by atoms with Crippen LogP contribution in [0.4, 0.5) is 11.4 Å². The highest BCUT2D eigenvalue weighted by Gasteiger charge is 2.32. The highest BCUT2D eigenvalue weighted by atomic mass is 32.2. The van der Waals surface area contributed by atoms with Gasteiger partial charge in [-0.3, -0.25) is 9.52 Å². The fourth-order valence-corrected chi connectivity index (χ4v) is 3.91. The van der Waals surface area contributed by atoms with Crippen molar-refractivity contribution >= 4 is 27.3 Å². The number of amides is 1. The van der Waals surface area contributed by atoms with E-state index in [1.54, 1.807) is 38.1 Å². The second-order valence-corrected chi connectivity index (χ2v) is 8.85. The van der Waals surface area contributed by atoms with Crippen molar-refractivity contribution in [2.75, 3.05) is 16.6 Å². The van der Waals surface area contributed by atoms with Gasteiger partial charge in [-0.2, -0.15) is 0 Å². The van der Waals surface area contributed by atoms with E-state index in [2.05, 4.69) is 10.0 Å². The monoisotopic (exact) mass is 374 g/mol. The average molecular weight is 374 g/mol. The molecule has 0 aromatic heterocycles. The van der Waals surface area contributed by atoms with Crippen LogP contribution in [0.15, 0.2) is 42.5 Å². The number of sulfonamides is 1. The van der Waals surface area contributed by atoms with E-state index in [9.17, 15) is 13.2 Å². The van der Waals surface area contributed by atoms with E-state index in [0.717, 1.165) is 11.1 Å². The molecule has 7 heteroatoms. The molecule has 138 valence electrons. The lowest BCUT2D eigenvalue weighted by molar-refractivity contribution is -0.124. The van der Waals surface area contributed by atoms with Gasteiger partial charge < -0.3 is 10.1 Å². The molecule has 0 fully saturated rings. The van der Waals surface area contributed by atoms with Crippen molar-refractivity contribution < 1.29 is 17.9 Å². The number of rotatable bonds is 4. The molecule has 26 heavy (non-hydrogen) atoms. The van der Waals surface area contributed by atoms with Crippen LogP contribution < -0.4 is 14.8 Å². The van der Waals surface area contributed by atoms with Gasteiger partial charge in [0.05, 0.1) is 22.5 Å². The van der Waals surface area contributed by atoms with Gasteiger partial charge in [-0.15, -0.1) is 0 Å². The van der Waals surface area contributed by atoms with E-state index < -0.39 is 15.4 Å². The first-order valence-corrected chi connectivity index (χ1v) is 9.95. The number of aryl methyl sites for hydroxylation is 1. The van der Waals surface area contributed by atoms with Gasteiger partial charge in [-0.1, -0.05) is 24.3 Å². The molecular formula is C19H22N2O4S. The summed E-state index contributed by atoms with van der Waals surface area (Å²) in [6.45, 7) is 5.68. The first kappa shape index (κ1) is 18.3. The molecule has 0 saturated carbocycles. The molecule has 0 unspecified atom stereocenters. The molecule has 6 nitrogen and oxygen atoms in total. The topological polar surface area (TPSA) is 84.5 Å². The maximum Gasteiger partial charge on any atom is 0.236 e. The minimum atomic E-state index is -3.57. The van der Waals surface area contributed by atoms with E-state index in [1.807, 2.05) is 25.1 Å². The summed E-state index contributed by atoms with van der Waals surface area (Å²) in [5.74, 6) is 0.200. The van der Waals surface area contributed by atoms with E-state index in [0.29, 0.717) is 17.1 Å². The van der Waals surface area contributed by atoms with Crippen molar-refractivity contribution in [1.82, 2.24) is 0 Å². The third-order valence-corrected chi connectivity index (χ3v) is 5.55. The summed E-state index contributed by atoms with van der Waals surface area (Å²) in [6.07, 6.45) is 0. The molecule has 1 heterocycles. The third-order valence-electron chi connectivity index (χ3n) is 4.31. The smallest absolute Gasteiger partial charge is 0.236 e. The number of hydrogen-bond acceptors (Lipinski definition) is 4. The van der Waals surface area contributed by atoms with Crippen molar-refractivity contribution in [2.24, 2.45) is 5.41 Å². The second-order valence-electron chi connectivity index (χ2n) is 7.13. The molecule has 2 aromatic rings. The summed E-state index contributed by atoms with van der Waals surface area (Å²) in [7, 11) is -3.57. The zero-order valence-corrected chi connectivity index (χ0v) is 15.8. The Kier molecular flexibility index (Phi) is 4.66.